The van der Waals surface area contributed by atoms with E-state index in [9.17, 15) is 14.0 Å². The molecular weight excluding hydrogens is 469 g/mol. The van der Waals surface area contributed by atoms with Crippen LogP contribution in [0.3, 0.4) is 0 Å². The first-order chi connectivity index (χ1) is 13.8. The van der Waals surface area contributed by atoms with Crippen molar-refractivity contribution >= 4 is 51.2 Å². The van der Waals surface area contributed by atoms with Crippen molar-refractivity contribution in [3.63, 3.8) is 0 Å². The Morgan fingerprint density at radius 2 is 2.03 bits per heavy atom. The van der Waals surface area contributed by atoms with Crippen LogP contribution in [-0.2, 0) is 14.3 Å². The average molecular weight is 487 g/mol. The molecule has 2 aromatic carbocycles. The third kappa shape index (κ3) is 6.76. The summed E-state index contributed by atoms with van der Waals surface area (Å²) in [6, 6.07) is 7.42. The zero-order chi connectivity index (χ0) is 21.4. The minimum atomic E-state index is -0.749. The number of hydrogen-bond acceptors (Lipinski definition) is 5. The van der Waals surface area contributed by atoms with Gasteiger partial charge in [0.2, 0.25) is 0 Å². The minimum Gasteiger partial charge on any atom is -0.491 e. The molecule has 2 rings (SSSR count). The molecule has 0 saturated heterocycles. The van der Waals surface area contributed by atoms with E-state index < -0.39 is 24.3 Å². The molecule has 0 bridgehead atoms. The molecule has 9 heteroatoms. The molecule has 2 aromatic rings. The zero-order valence-electron chi connectivity index (χ0n) is 15.6. The van der Waals surface area contributed by atoms with Gasteiger partial charge in [0.1, 0.15) is 5.82 Å². The topological polar surface area (TPSA) is 73.9 Å². The van der Waals surface area contributed by atoms with Crippen molar-refractivity contribution in [1.29, 1.82) is 0 Å². The maximum Gasteiger partial charge on any atom is 0.331 e. The average Bonchev–Trinajstić information content (AvgIpc) is 2.67. The Bertz CT molecular complexity index is 935. The van der Waals surface area contributed by atoms with Crippen molar-refractivity contribution < 1.29 is 28.2 Å². The number of ether oxygens (including phenoxy) is 3. The van der Waals surface area contributed by atoms with Crippen LogP contribution in [0.15, 0.2) is 40.9 Å². The number of rotatable bonds is 8. The van der Waals surface area contributed by atoms with E-state index in [0.717, 1.165) is 6.08 Å². The van der Waals surface area contributed by atoms with Crippen LogP contribution in [0.25, 0.3) is 6.08 Å². The number of nitrogens with one attached hydrogen (secondary N) is 1. The lowest BCUT2D eigenvalue weighted by Gasteiger charge is -2.11. The van der Waals surface area contributed by atoms with Gasteiger partial charge in [-0.25, -0.2) is 9.18 Å². The summed E-state index contributed by atoms with van der Waals surface area (Å²) < 4.78 is 29.7. The molecule has 0 heterocycles. The van der Waals surface area contributed by atoms with Crippen LogP contribution in [-0.4, -0.2) is 32.2 Å². The summed E-state index contributed by atoms with van der Waals surface area (Å²) in [5.74, 6) is -1.20. The predicted molar refractivity (Wildman–Crippen MR) is 112 cm³/mol. The van der Waals surface area contributed by atoms with Gasteiger partial charge in [0.15, 0.2) is 18.1 Å². The van der Waals surface area contributed by atoms with E-state index in [1.54, 1.807) is 18.2 Å². The minimum absolute atomic E-state index is 0.0129. The number of methoxy groups -OCH3 is 1. The molecule has 0 atom stereocenters. The number of halogens is 3. The molecule has 0 spiro atoms. The molecule has 0 aliphatic carbocycles. The van der Waals surface area contributed by atoms with Gasteiger partial charge in [-0.1, -0.05) is 27.5 Å². The quantitative estimate of drug-likeness (QED) is 0.427. The van der Waals surface area contributed by atoms with Crippen LogP contribution in [0, 0.1) is 5.82 Å². The monoisotopic (exact) mass is 485 g/mol. The molecule has 29 heavy (non-hydrogen) atoms. The third-order valence-electron chi connectivity index (χ3n) is 3.50. The zero-order valence-corrected chi connectivity index (χ0v) is 18.0. The first-order valence-corrected chi connectivity index (χ1v) is 9.61. The van der Waals surface area contributed by atoms with Crippen molar-refractivity contribution in [1.82, 2.24) is 0 Å². The molecule has 154 valence electrons. The summed E-state index contributed by atoms with van der Waals surface area (Å²) in [5, 5.41) is 2.65. The van der Waals surface area contributed by atoms with Gasteiger partial charge in [0.25, 0.3) is 5.91 Å². The van der Waals surface area contributed by atoms with Crippen molar-refractivity contribution in [3.05, 3.63) is 57.3 Å². The lowest BCUT2D eigenvalue weighted by molar-refractivity contribution is -0.142. The van der Waals surface area contributed by atoms with Gasteiger partial charge in [-0.05, 0) is 48.9 Å². The highest BCUT2D eigenvalue weighted by Gasteiger charge is 2.12. The first-order valence-electron chi connectivity index (χ1n) is 8.44. The van der Waals surface area contributed by atoms with E-state index in [-0.39, 0.29) is 5.69 Å². The van der Waals surface area contributed by atoms with Crippen molar-refractivity contribution in [2.45, 2.75) is 6.92 Å². The highest BCUT2D eigenvalue weighted by molar-refractivity contribution is 9.10. The van der Waals surface area contributed by atoms with E-state index in [1.165, 1.54) is 25.3 Å². The number of anilines is 1. The number of esters is 1. The Labute approximate surface area is 180 Å². The molecule has 6 nitrogen and oxygen atoms in total. The maximum absolute atomic E-state index is 13.7. The highest BCUT2D eigenvalue weighted by atomic mass is 79.9. The maximum atomic E-state index is 13.7. The van der Waals surface area contributed by atoms with Crippen LogP contribution in [0.4, 0.5) is 10.1 Å². The fourth-order valence-electron chi connectivity index (χ4n) is 2.27. The Balaban J connectivity index is 1.94. The van der Waals surface area contributed by atoms with E-state index in [1.807, 2.05) is 6.92 Å². The standard InChI is InChI=1S/C20H18BrClFNO5/c1-3-28-17-9-12(8-14(22)20(17)27-2)4-7-19(26)29-11-18(25)24-16-6-5-13(21)10-15(16)23/h4-10H,3,11H2,1-2H3,(H,24,25)/b7-4+. The molecule has 0 aliphatic rings. The molecule has 1 N–H and O–H groups in total. The predicted octanol–water partition coefficient (Wildman–Crippen LogP) is 4.84. The van der Waals surface area contributed by atoms with Crippen molar-refractivity contribution in [2.24, 2.45) is 0 Å². The van der Waals surface area contributed by atoms with E-state index >= 15 is 0 Å². The van der Waals surface area contributed by atoms with Crippen LogP contribution < -0.4 is 14.8 Å². The van der Waals surface area contributed by atoms with Gasteiger partial charge in [0, 0.05) is 10.5 Å². The van der Waals surface area contributed by atoms with Gasteiger partial charge in [0.05, 0.1) is 24.4 Å². The third-order valence-corrected chi connectivity index (χ3v) is 4.27. The molecule has 0 fully saturated rings. The van der Waals surface area contributed by atoms with Crippen LogP contribution >= 0.6 is 27.5 Å². The lowest BCUT2D eigenvalue weighted by atomic mass is 10.2. The second-order valence-corrected chi connectivity index (χ2v) is 6.90. The van der Waals surface area contributed by atoms with Crippen LogP contribution in [0.2, 0.25) is 5.02 Å². The highest BCUT2D eigenvalue weighted by Crippen LogP contribution is 2.36. The molecule has 0 aliphatic heterocycles. The van der Waals surface area contributed by atoms with E-state index in [4.69, 9.17) is 25.8 Å². The normalized spacial score (nSPS) is 10.7. The SMILES string of the molecule is CCOc1cc(/C=C/C(=O)OCC(=O)Nc2ccc(Br)cc2F)cc(Cl)c1OC. The summed E-state index contributed by atoms with van der Waals surface area (Å²) in [6.45, 7) is 1.67. The summed E-state index contributed by atoms with van der Waals surface area (Å²) in [4.78, 5) is 23.7. The fourth-order valence-corrected chi connectivity index (χ4v) is 2.90. The van der Waals surface area contributed by atoms with Gasteiger partial charge in [-0.3, -0.25) is 4.79 Å². The molecular formula is C20H18BrClFNO5. The lowest BCUT2D eigenvalue weighted by Crippen LogP contribution is -2.20. The fraction of sp³-hybridized carbons (Fsp3) is 0.200. The van der Waals surface area contributed by atoms with E-state index in [0.29, 0.717) is 33.2 Å². The summed E-state index contributed by atoms with van der Waals surface area (Å²) >= 11 is 9.27. The molecule has 0 radical (unpaired) electrons. The van der Waals surface area contributed by atoms with Crippen LogP contribution in [0.1, 0.15) is 12.5 Å². The van der Waals surface area contributed by atoms with Crippen LogP contribution in [0.5, 0.6) is 11.5 Å². The Morgan fingerprint density at radius 1 is 1.28 bits per heavy atom. The molecule has 0 saturated carbocycles. The molecule has 0 unspecified atom stereocenters. The Kier molecular flexibility index (Phi) is 8.48. The summed E-state index contributed by atoms with van der Waals surface area (Å²) in [5.41, 5.74) is 0.568. The number of benzene rings is 2. The van der Waals surface area contributed by atoms with Gasteiger partial charge >= 0.3 is 5.97 Å². The van der Waals surface area contributed by atoms with Crippen molar-refractivity contribution in [2.75, 3.05) is 25.6 Å². The summed E-state index contributed by atoms with van der Waals surface area (Å²) in [6.07, 6.45) is 2.60. The van der Waals surface area contributed by atoms with Gasteiger partial charge < -0.3 is 19.5 Å². The summed E-state index contributed by atoms with van der Waals surface area (Å²) in [7, 11) is 1.47. The van der Waals surface area contributed by atoms with Gasteiger partial charge in [-0.2, -0.15) is 0 Å². The van der Waals surface area contributed by atoms with Crippen molar-refractivity contribution in [3.8, 4) is 11.5 Å². The van der Waals surface area contributed by atoms with E-state index in [2.05, 4.69) is 21.2 Å². The number of hydrogen-bond donors (Lipinski definition) is 1. The number of carbonyl (C=O) groups excluding carboxylic acids is 2. The second-order valence-electron chi connectivity index (χ2n) is 5.58. The smallest absolute Gasteiger partial charge is 0.331 e. The second kappa shape index (κ2) is 10.8. The molecule has 0 aromatic heterocycles. The molecule has 1 amide bonds. The largest absolute Gasteiger partial charge is 0.491 e. The van der Waals surface area contributed by atoms with Gasteiger partial charge in [-0.15, -0.1) is 0 Å². The Morgan fingerprint density at radius 3 is 2.69 bits per heavy atom. The number of carbonyl (C=O) groups is 2. The Hall–Kier alpha value is -2.58. The number of amides is 1. The first kappa shape index (κ1) is 22.7.